The normalized spacial score (nSPS) is 29.6. The van der Waals surface area contributed by atoms with Crippen LogP contribution in [-0.4, -0.2) is 58.0 Å². The Hall–Kier alpha value is -1.55. The van der Waals surface area contributed by atoms with Crippen LogP contribution in [0.2, 0.25) is 5.02 Å². The van der Waals surface area contributed by atoms with E-state index in [4.69, 9.17) is 21.1 Å². The van der Waals surface area contributed by atoms with Gasteiger partial charge < -0.3 is 24.8 Å². The molecular formula is C20H21ClFNO5S. The minimum absolute atomic E-state index is 0.463. The highest BCUT2D eigenvalue weighted by Crippen LogP contribution is 2.35. The molecule has 3 N–H and O–H groups in total. The molecule has 0 unspecified atom stereocenters. The van der Waals surface area contributed by atoms with E-state index >= 15 is 0 Å². The van der Waals surface area contributed by atoms with Gasteiger partial charge in [-0.05, 0) is 23.3 Å². The van der Waals surface area contributed by atoms with Crippen LogP contribution in [0.4, 0.5) is 4.39 Å². The first-order chi connectivity index (χ1) is 14.0. The monoisotopic (exact) mass is 441 g/mol. The third-order valence-electron chi connectivity index (χ3n) is 5.11. The molecule has 5 atom stereocenters. The van der Waals surface area contributed by atoms with Crippen molar-refractivity contribution >= 4 is 28.7 Å². The van der Waals surface area contributed by atoms with Gasteiger partial charge in [0.1, 0.15) is 43.0 Å². The zero-order valence-corrected chi connectivity index (χ0v) is 16.9. The predicted molar refractivity (Wildman–Crippen MR) is 107 cm³/mol. The van der Waals surface area contributed by atoms with Crippen LogP contribution in [0.5, 0.6) is 0 Å². The minimum atomic E-state index is -1.50. The molecule has 2 aromatic rings. The van der Waals surface area contributed by atoms with E-state index in [2.05, 4.69) is 4.98 Å². The molecule has 0 spiro atoms. The van der Waals surface area contributed by atoms with Crippen molar-refractivity contribution in [2.24, 2.45) is 0 Å². The van der Waals surface area contributed by atoms with Crippen molar-refractivity contribution in [3.63, 3.8) is 0 Å². The van der Waals surface area contributed by atoms with Crippen LogP contribution < -0.4 is 0 Å². The summed E-state index contributed by atoms with van der Waals surface area (Å²) in [5.74, 6) is 0.845. The Bertz CT molecular complexity index is 905. The van der Waals surface area contributed by atoms with Crippen molar-refractivity contribution in [1.29, 1.82) is 0 Å². The second-order valence-electron chi connectivity index (χ2n) is 7.07. The van der Waals surface area contributed by atoms with Crippen LogP contribution >= 0.6 is 22.9 Å². The van der Waals surface area contributed by atoms with Crippen LogP contribution in [0.25, 0.3) is 5.76 Å². The molecule has 2 aliphatic rings. The Balaban J connectivity index is 1.56. The van der Waals surface area contributed by atoms with Gasteiger partial charge in [0.15, 0.2) is 0 Å². The van der Waals surface area contributed by atoms with Crippen LogP contribution in [0.1, 0.15) is 33.5 Å². The summed E-state index contributed by atoms with van der Waals surface area (Å²) in [5.41, 5.74) is 1.31. The Kier molecular flexibility index (Phi) is 6.19. The largest absolute Gasteiger partial charge is 0.492 e. The lowest BCUT2D eigenvalue weighted by molar-refractivity contribution is -0.227. The summed E-state index contributed by atoms with van der Waals surface area (Å²) in [6, 6.07) is 5.08. The van der Waals surface area contributed by atoms with Gasteiger partial charge in [-0.15, -0.1) is 11.3 Å². The highest BCUT2D eigenvalue weighted by molar-refractivity contribution is 7.12. The maximum Gasteiger partial charge on any atom is 0.134 e. The Morgan fingerprint density at radius 2 is 2.03 bits per heavy atom. The predicted octanol–water partition coefficient (Wildman–Crippen LogP) is 2.64. The number of hydrogen-bond donors (Lipinski definition) is 3. The number of aliphatic hydroxyl groups is 3. The number of aliphatic hydroxyl groups excluding tert-OH is 3. The van der Waals surface area contributed by atoms with Crippen molar-refractivity contribution in [2.75, 3.05) is 13.3 Å². The number of nitrogens with zero attached hydrogens (tertiary/aromatic N) is 1. The molecule has 0 radical (unpaired) electrons. The summed E-state index contributed by atoms with van der Waals surface area (Å²) in [6.07, 6.45) is -1.41. The standard InChI is InChI=1S/C20H21ClFNO5S/c21-12-4-3-10(20-19(26)18(25)17(24)14(8-22)28-20)6-11(12)7-16-23-9-15(29-16)13-2-1-5-27-13/h2-4,6,9,14,17-20,24-26H,1,5,7-8H2/t14-,17-,18+,19-,20+/m1/s1. The first-order valence-electron chi connectivity index (χ1n) is 9.30. The quantitative estimate of drug-likeness (QED) is 0.660. The van der Waals surface area contributed by atoms with Crippen LogP contribution in [0.15, 0.2) is 30.5 Å². The Morgan fingerprint density at radius 1 is 1.21 bits per heavy atom. The van der Waals surface area contributed by atoms with Gasteiger partial charge in [0, 0.05) is 24.1 Å². The minimum Gasteiger partial charge on any atom is -0.492 e. The van der Waals surface area contributed by atoms with E-state index in [9.17, 15) is 19.7 Å². The number of thiazole rings is 1. The summed E-state index contributed by atoms with van der Waals surface area (Å²) >= 11 is 7.87. The summed E-state index contributed by atoms with van der Waals surface area (Å²) in [6.45, 7) is -0.289. The molecule has 1 aromatic heterocycles. The molecule has 1 saturated heterocycles. The first kappa shape index (κ1) is 20.7. The van der Waals surface area contributed by atoms with Crippen LogP contribution in [0, 0.1) is 0 Å². The van der Waals surface area contributed by atoms with Gasteiger partial charge in [0.25, 0.3) is 0 Å². The van der Waals surface area contributed by atoms with E-state index in [0.29, 0.717) is 23.6 Å². The number of halogens is 2. The fourth-order valence-corrected chi connectivity index (χ4v) is 4.64. The summed E-state index contributed by atoms with van der Waals surface area (Å²) < 4.78 is 24.2. The molecule has 1 aromatic carbocycles. The van der Waals surface area contributed by atoms with Crippen LogP contribution in [0.3, 0.4) is 0 Å². The molecule has 0 saturated carbocycles. The average Bonchev–Trinajstić information content (AvgIpc) is 3.40. The molecule has 6 nitrogen and oxygen atoms in total. The molecule has 0 aliphatic carbocycles. The summed E-state index contributed by atoms with van der Waals surface area (Å²) in [4.78, 5) is 5.39. The average molecular weight is 442 g/mol. The van der Waals surface area contributed by atoms with Gasteiger partial charge >= 0.3 is 0 Å². The van der Waals surface area contributed by atoms with Gasteiger partial charge in [-0.2, -0.15) is 0 Å². The van der Waals surface area contributed by atoms with E-state index in [1.54, 1.807) is 24.4 Å². The lowest BCUT2D eigenvalue weighted by atomic mass is 9.90. The van der Waals surface area contributed by atoms with Crippen molar-refractivity contribution < 1.29 is 29.2 Å². The second kappa shape index (κ2) is 8.67. The second-order valence-corrected chi connectivity index (χ2v) is 8.60. The lowest BCUT2D eigenvalue weighted by Gasteiger charge is -2.40. The molecule has 4 rings (SSSR count). The number of aromatic nitrogens is 1. The lowest BCUT2D eigenvalue weighted by Crippen LogP contribution is -2.54. The van der Waals surface area contributed by atoms with Gasteiger partial charge in [0.2, 0.25) is 0 Å². The van der Waals surface area contributed by atoms with E-state index in [1.165, 1.54) is 11.3 Å². The Morgan fingerprint density at radius 3 is 2.76 bits per heavy atom. The fraction of sp³-hybridized carbons (Fsp3) is 0.450. The molecule has 1 fully saturated rings. The highest BCUT2D eigenvalue weighted by atomic mass is 35.5. The molecular weight excluding hydrogens is 421 g/mol. The number of hydrogen-bond acceptors (Lipinski definition) is 7. The van der Waals surface area contributed by atoms with Crippen molar-refractivity contribution in [3.05, 3.63) is 56.5 Å². The molecule has 156 valence electrons. The van der Waals surface area contributed by atoms with E-state index in [-0.39, 0.29) is 0 Å². The van der Waals surface area contributed by atoms with Gasteiger partial charge in [-0.3, -0.25) is 0 Å². The number of rotatable bonds is 5. The summed E-state index contributed by atoms with van der Waals surface area (Å²) in [5, 5.41) is 31.6. The van der Waals surface area contributed by atoms with Crippen molar-refractivity contribution in [2.45, 2.75) is 43.4 Å². The fourth-order valence-electron chi connectivity index (χ4n) is 3.52. The number of alkyl halides is 1. The topological polar surface area (TPSA) is 92.0 Å². The van der Waals surface area contributed by atoms with E-state index in [0.717, 1.165) is 27.6 Å². The van der Waals surface area contributed by atoms with Crippen LogP contribution in [-0.2, 0) is 15.9 Å². The zero-order valence-electron chi connectivity index (χ0n) is 15.4. The maximum absolute atomic E-state index is 13.2. The molecule has 0 bridgehead atoms. The third-order valence-corrected chi connectivity index (χ3v) is 6.49. The van der Waals surface area contributed by atoms with Gasteiger partial charge in [-0.1, -0.05) is 23.7 Å². The number of benzene rings is 1. The molecule has 29 heavy (non-hydrogen) atoms. The third kappa shape index (κ3) is 4.19. The van der Waals surface area contributed by atoms with Gasteiger partial charge in [0.05, 0.1) is 16.5 Å². The Labute approximate surface area is 176 Å². The molecule has 2 aliphatic heterocycles. The zero-order chi connectivity index (χ0) is 20.5. The maximum atomic E-state index is 13.2. The number of ether oxygens (including phenoxy) is 2. The SMILES string of the molecule is O[C@@H]1[C@@H](O)[C@H](c2ccc(Cl)c(Cc3ncc(C4=CCCO4)s3)c2)O[C@H](CF)[C@H]1O. The smallest absolute Gasteiger partial charge is 0.134 e. The van der Waals surface area contributed by atoms with E-state index in [1.807, 2.05) is 6.08 Å². The molecule has 9 heteroatoms. The molecule has 3 heterocycles. The first-order valence-corrected chi connectivity index (χ1v) is 10.5. The highest BCUT2D eigenvalue weighted by Gasteiger charge is 2.44. The van der Waals surface area contributed by atoms with Crippen molar-refractivity contribution in [1.82, 2.24) is 4.98 Å². The summed E-state index contributed by atoms with van der Waals surface area (Å²) in [7, 11) is 0. The van der Waals surface area contributed by atoms with E-state index < -0.39 is 37.2 Å². The van der Waals surface area contributed by atoms with Gasteiger partial charge in [-0.25, -0.2) is 9.37 Å². The molecule has 0 amide bonds. The van der Waals surface area contributed by atoms with Crippen molar-refractivity contribution in [3.8, 4) is 0 Å².